The summed E-state index contributed by atoms with van der Waals surface area (Å²) in [6.45, 7) is 0.734. The average Bonchev–Trinajstić information content (AvgIpc) is 1.90. The maximum Gasteiger partial charge on any atom is 0.244 e. The van der Waals surface area contributed by atoms with Gasteiger partial charge in [0.1, 0.15) is 7.44 Å². The Bertz CT molecular complexity index is 112. The van der Waals surface area contributed by atoms with Crippen molar-refractivity contribution in [2.45, 2.75) is 25.0 Å². The van der Waals surface area contributed by atoms with E-state index < -0.39 is 8.55 Å². The first-order chi connectivity index (χ1) is 4.30. The molecule has 9 heavy (non-hydrogen) atoms. The predicted molar refractivity (Wildman–Crippen MR) is 35.8 cm³/mol. The lowest BCUT2D eigenvalue weighted by atomic mass is 10.2. The van der Waals surface area contributed by atoms with Gasteiger partial charge < -0.3 is 9.20 Å². The van der Waals surface area contributed by atoms with Crippen LogP contribution in [0.5, 0.6) is 0 Å². The smallest absolute Gasteiger partial charge is 0.244 e. The second-order valence-corrected chi connectivity index (χ2v) is 3.71. The van der Waals surface area contributed by atoms with E-state index in [0.717, 1.165) is 25.9 Å². The van der Waals surface area contributed by atoms with Crippen molar-refractivity contribution in [1.29, 1.82) is 0 Å². The van der Waals surface area contributed by atoms with Crippen molar-refractivity contribution in [3.8, 4) is 0 Å². The first-order valence-corrected chi connectivity index (χ1v) is 4.78. The molecule has 0 aliphatic carbocycles. The van der Waals surface area contributed by atoms with Crippen LogP contribution < -0.4 is 0 Å². The molecule has 0 aromatic rings. The Balaban J connectivity index is 2.31. The molecule has 0 amide bonds. The molecule has 2 nitrogen and oxygen atoms in total. The minimum atomic E-state index is -1.91. The van der Waals surface area contributed by atoms with Crippen LogP contribution in [-0.2, 0) is 9.20 Å². The van der Waals surface area contributed by atoms with Crippen LogP contribution in [0.3, 0.4) is 0 Å². The molecule has 1 saturated heterocycles. The Morgan fingerprint density at radius 3 is 2.67 bits per heavy atom. The van der Waals surface area contributed by atoms with Gasteiger partial charge in [0.25, 0.3) is 0 Å². The maximum absolute atomic E-state index is 10.6. The lowest BCUT2D eigenvalue weighted by Crippen LogP contribution is -2.30. The highest BCUT2D eigenvalue weighted by Gasteiger charge is 2.18. The first kappa shape index (κ1) is 7.15. The third kappa shape index (κ3) is 2.02. The fourth-order valence-corrected chi connectivity index (χ4v) is 1.74. The van der Waals surface area contributed by atoms with E-state index in [4.69, 9.17) is 12.2 Å². The Kier molecular flexibility index (Phi) is 2.60. The van der Waals surface area contributed by atoms with Gasteiger partial charge >= 0.3 is 0 Å². The standard InChI is InChI=1S/C5H9BO2Si/c6-9(7)5-3-1-2-4-8-5/h5H,1-4H2. The second-order valence-electron chi connectivity index (χ2n) is 2.26. The Hall–Kier alpha value is 0.0418. The van der Waals surface area contributed by atoms with Crippen molar-refractivity contribution < 1.29 is 9.20 Å². The molecule has 1 unspecified atom stereocenters. The minimum absolute atomic E-state index is 0.122. The van der Waals surface area contributed by atoms with E-state index in [1.807, 2.05) is 0 Å². The summed E-state index contributed by atoms with van der Waals surface area (Å²) in [6.07, 6.45) is 3.08. The van der Waals surface area contributed by atoms with E-state index >= 15 is 0 Å². The molecule has 0 bridgehead atoms. The van der Waals surface area contributed by atoms with Crippen molar-refractivity contribution in [1.82, 2.24) is 0 Å². The highest BCUT2D eigenvalue weighted by atomic mass is 28.2. The molecule has 1 fully saturated rings. The molecule has 0 spiro atoms. The van der Waals surface area contributed by atoms with Gasteiger partial charge in [-0.15, -0.1) is 0 Å². The van der Waals surface area contributed by atoms with E-state index in [-0.39, 0.29) is 5.73 Å². The summed E-state index contributed by atoms with van der Waals surface area (Å²) >= 11 is 0. The number of ether oxygens (including phenoxy) is 1. The Morgan fingerprint density at radius 2 is 2.33 bits per heavy atom. The van der Waals surface area contributed by atoms with Gasteiger partial charge in [-0.05, 0) is 19.3 Å². The summed E-state index contributed by atoms with van der Waals surface area (Å²) in [5.74, 6) is 0. The molecule has 4 heteroatoms. The summed E-state index contributed by atoms with van der Waals surface area (Å²) in [4.78, 5) is 0. The molecule has 1 atom stereocenters. The van der Waals surface area contributed by atoms with Gasteiger partial charge in [-0.3, -0.25) is 0 Å². The van der Waals surface area contributed by atoms with Crippen molar-refractivity contribution in [3.63, 3.8) is 0 Å². The maximum atomic E-state index is 10.6. The minimum Gasteiger partial charge on any atom is -0.397 e. The van der Waals surface area contributed by atoms with Crippen LogP contribution >= 0.6 is 0 Å². The second kappa shape index (κ2) is 3.27. The molecule has 0 saturated carbocycles. The molecule has 48 valence electrons. The molecule has 0 aromatic heterocycles. The largest absolute Gasteiger partial charge is 0.397 e. The van der Waals surface area contributed by atoms with E-state index in [1.165, 1.54) is 0 Å². The van der Waals surface area contributed by atoms with Gasteiger partial charge in [-0.1, -0.05) is 0 Å². The Labute approximate surface area is 57.6 Å². The van der Waals surface area contributed by atoms with Crippen LogP contribution in [0, 0.1) is 0 Å². The van der Waals surface area contributed by atoms with Crippen molar-refractivity contribution in [3.05, 3.63) is 0 Å². The summed E-state index contributed by atoms with van der Waals surface area (Å²) in [7, 11) is 3.28. The zero-order valence-electron chi connectivity index (χ0n) is 5.30. The van der Waals surface area contributed by atoms with E-state index in [1.54, 1.807) is 0 Å². The normalized spacial score (nSPS) is 27.8. The third-order valence-corrected chi connectivity index (χ3v) is 2.59. The van der Waals surface area contributed by atoms with E-state index in [0.29, 0.717) is 0 Å². The highest BCUT2D eigenvalue weighted by Crippen LogP contribution is 2.11. The van der Waals surface area contributed by atoms with Gasteiger partial charge in [0.2, 0.25) is 8.55 Å². The van der Waals surface area contributed by atoms with Gasteiger partial charge in [0, 0.05) is 6.61 Å². The lowest BCUT2D eigenvalue weighted by molar-refractivity contribution is 0.0616. The molecule has 0 N–H and O–H groups in total. The van der Waals surface area contributed by atoms with E-state index in [9.17, 15) is 4.46 Å². The van der Waals surface area contributed by atoms with Crippen molar-refractivity contribution >= 4 is 16.0 Å². The quantitative estimate of drug-likeness (QED) is 0.485. The molecular weight excluding hydrogens is 131 g/mol. The van der Waals surface area contributed by atoms with Crippen LogP contribution in [0.25, 0.3) is 0 Å². The SMILES string of the molecule is [B][Si](=O)C1CCCCO1. The molecule has 1 aliphatic heterocycles. The van der Waals surface area contributed by atoms with Gasteiger partial charge in [0.05, 0.1) is 5.73 Å². The lowest BCUT2D eigenvalue weighted by Gasteiger charge is -2.19. The Morgan fingerprint density at radius 1 is 1.56 bits per heavy atom. The van der Waals surface area contributed by atoms with Crippen LogP contribution in [0.15, 0.2) is 0 Å². The van der Waals surface area contributed by atoms with Crippen LogP contribution in [0.2, 0.25) is 0 Å². The predicted octanol–water partition coefficient (Wildman–Crippen LogP) is 0.182. The summed E-state index contributed by atoms with van der Waals surface area (Å²) < 4.78 is 15.8. The van der Waals surface area contributed by atoms with Crippen molar-refractivity contribution in [2.75, 3.05) is 6.61 Å². The third-order valence-electron chi connectivity index (χ3n) is 1.50. The number of rotatable bonds is 1. The molecule has 1 heterocycles. The van der Waals surface area contributed by atoms with Crippen LogP contribution in [-0.4, -0.2) is 28.3 Å². The van der Waals surface area contributed by atoms with Gasteiger partial charge in [-0.25, -0.2) is 0 Å². The molecule has 1 aliphatic rings. The van der Waals surface area contributed by atoms with E-state index in [2.05, 4.69) is 0 Å². The molecular formula is C5H9BO2Si. The highest BCUT2D eigenvalue weighted by molar-refractivity contribution is 6.94. The van der Waals surface area contributed by atoms with Crippen molar-refractivity contribution in [2.24, 2.45) is 0 Å². The van der Waals surface area contributed by atoms with Crippen LogP contribution in [0.1, 0.15) is 19.3 Å². The number of hydrogen-bond donors (Lipinski definition) is 0. The topological polar surface area (TPSA) is 26.3 Å². The fraction of sp³-hybridized carbons (Fsp3) is 1.00. The molecule has 0 aromatic carbocycles. The summed E-state index contributed by atoms with van der Waals surface area (Å²) in [5.41, 5.74) is -0.122. The average molecular weight is 140 g/mol. The molecule has 2 radical (unpaired) electrons. The molecule has 1 rings (SSSR count). The zero-order chi connectivity index (χ0) is 6.69. The first-order valence-electron chi connectivity index (χ1n) is 3.21. The van der Waals surface area contributed by atoms with Gasteiger partial charge in [0.15, 0.2) is 0 Å². The monoisotopic (exact) mass is 140 g/mol. The summed E-state index contributed by atoms with van der Waals surface area (Å²) in [5, 5.41) is 0. The summed E-state index contributed by atoms with van der Waals surface area (Å²) in [6, 6.07) is 0. The number of hydrogen-bond acceptors (Lipinski definition) is 2. The fourth-order valence-electron chi connectivity index (χ4n) is 0.965. The van der Waals surface area contributed by atoms with Gasteiger partial charge in [-0.2, -0.15) is 0 Å². The zero-order valence-corrected chi connectivity index (χ0v) is 6.30. The van der Waals surface area contributed by atoms with Crippen LogP contribution in [0.4, 0.5) is 0 Å².